The van der Waals surface area contributed by atoms with Crippen LogP contribution in [0.1, 0.15) is 12.5 Å². The summed E-state index contributed by atoms with van der Waals surface area (Å²) in [6, 6.07) is 5.93. The molecular formula is C13H16N4O. The first-order chi connectivity index (χ1) is 8.76. The second kappa shape index (κ2) is 5.44. The van der Waals surface area contributed by atoms with Gasteiger partial charge in [0, 0.05) is 12.6 Å². The van der Waals surface area contributed by atoms with E-state index in [9.17, 15) is 0 Å². The Morgan fingerprint density at radius 1 is 1.33 bits per heavy atom. The predicted octanol–water partition coefficient (Wildman–Crippen LogP) is 2.29. The fraction of sp³-hybridized carbons (Fsp3) is 0.308. The van der Waals surface area contributed by atoms with E-state index in [1.807, 2.05) is 39.1 Å². The van der Waals surface area contributed by atoms with E-state index < -0.39 is 0 Å². The first kappa shape index (κ1) is 12.3. The number of hydrogen-bond acceptors (Lipinski definition) is 5. The van der Waals surface area contributed by atoms with Crippen LogP contribution in [0.25, 0.3) is 11.3 Å². The summed E-state index contributed by atoms with van der Waals surface area (Å²) in [6.45, 7) is 4.64. The van der Waals surface area contributed by atoms with Crippen molar-refractivity contribution in [2.45, 2.75) is 13.8 Å². The fourth-order valence-corrected chi connectivity index (χ4v) is 1.77. The molecule has 5 nitrogen and oxygen atoms in total. The van der Waals surface area contributed by atoms with E-state index in [0.717, 1.165) is 22.6 Å². The Kier molecular flexibility index (Phi) is 3.72. The highest BCUT2D eigenvalue weighted by Gasteiger charge is 2.09. The van der Waals surface area contributed by atoms with Crippen molar-refractivity contribution in [2.24, 2.45) is 0 Å². The third kappa shape index (κ3) is 2.40. The third-order valence-electron chi connectivity index (χ3n) is 2.61. The van der Waals surface area contributed by atoms with Crippen molar-refractivity contribution in [3.8, 4) is 17.0 Å². The number of benzene rings is 1. The van der Waals surface area contributed by atoms with Crippen LogP contribution in [0.4, 0.5) is 5.82 Å². The number of nitrogens with zero attached hydrogens (tertiary/aromatic N) is 3. The smallest absolute Gasteiger partial charge is 0.156 e. The molecule has 0 aliphatic rings. The Labute approximate surface area is 106 Å². The van der Waals surface area contributed by atoms with Crippen molar-refractivity contribution < 1.29 is 4.74 Å². The molecule has 18 heavy (non-hydrogen) atoms. The van der Waals surface area contributed by atoms with Gasteiger partial charge in [-0.15, -0.1) is 10.2 Å². The molecule has 0 aliphatic carbocycles. The van der Waals surface area contributed by atoms with Gasteiger partial charge in [-0.05, 0) is 37.6 Å². The zero-order chi connectivity index (χ0) is 13.0. The average molecular weight is 244 g/mol. The van der Waals surface area contributed by atoms with Crippen molar-refractivity contribution in [3.63, 3.8) is 0 Å². The van der Waals surface area contributed by atoms with Gasteiger partial charge < -0.3 is 10.1 Å². The molecule has 0 aliphatic heterocycles. The summed E-state index contributed by atoms with van der Waals surface area (Å²) in [5, 5.41) is 11.0. The minimum Gasteiger partial charge on any atom is -0.494 e. The van der Waals surface area contributed by atoms with E-state index in [-0.39, 0.29) is 0 Å². The van der Waals surface area contributed by atoms with E-state index in [1.54, 1.807) is 0 Å². The maximum absolute atomic E-state index is 5.52. The van der Waals surface area contributed by atoms with Crippen LogP contribution in [-0.4, -0.2) is 28.8 Å². The van der Waals surface area contributed by atoms with Gasteiger partial charge in [0.15, 0.2) is 5.82 Å². The number of aromatic nitrogens is 3. The molecule has 0 bridgehead atoms. The Bertz CT molecular complexity index is 542. The van der Waals surface area contributed by atoms with Gasteiger partial charge >= 0.3 is 0 Å². The highest BCUT2D eigenvalue weighted by Crippen LogP contribution is 2.27. The second-order valence-electron chi connectivity index (χ2n) is 3.82. The van der Waals surface area contributed by atoms with Crippen molar-refractivity contribution >= 4 is 5.82 Å². The van der Waals surface area contributed by atoms with Crippen molar-refractivity contribution in [1.29, 1.82) is 0 Å². The molecule has 0 saturated carbocycles. The quantitative estimate of drug-likeness (QED) is 0.894. The van der Waals surface area contributed by atoms with E-state index in [4.69, 9.17) is 4.74 Å². The molecular weight excluding hydrogens is 228 g/mol. The topological polar surface area (TPSA) is 59.9 Å². The summed E-state index contributed by atoms with van der Waals surface area (Å²) in [6.07, 6.45) is 1.43. The molecule has 94 valence electrons. The van der Waals surface area contributed by atoms with Crippen LogP contribution in [0, 0.1) is 6.92 Å². The summed E-state index contributed by atoms with van der Waals surface area (Å²) >= 11 is 0. The molecule has 1 aromatic heterocycles. The van der Waals surface area contributed by atoms with Gasteiger partial charge in [-0.25, -0.2) is 4.98 Å². The van der Waals surface area contributed by atoms with Crippen molar-refractivity contribution in [2.75, 3.05) is 19.0 Å². The molecule has 0 unspecified atom stereocenters. The lowest BCUT2D eigenvalue weighted by Gasteiger charge is -2.10. The van der Waals surface area contributed by atoms with E-state index in [1.165, 1.54) is 6.33 Å². The fourth-order valence-electron chi connectivity index (χ4n) is 1.77. The molecule has 0 radical (unpaired) electrons. The van der Waals surface area contributed by atoms with E-state index in [2.05, 4.69) is 20.5 Å². The molecule has 1 aromatic carbocycles. The summed E-state index contributed by atoms with van der Waals surface area (Å²) in [4.78, 5) is 4.15. The lowest BCUT2D eigenvalue weighted by Crippen LogP contribution is -2.00. The number of hydrogen-bond donors (Lipinski definition) is 1. The highest BCUT2D eigenvalue weighted by atomic mass is 16.5. The predicted molar refractivity (Wildman–Crippen MR) is 70.7 cm³/mol. The van der Waals surface area contributed by atoms with E-state index in [0.29, 0.717) is 12.4 Å². The normalized spacial score (nSPS) is 10.2. The van der Waals surface area contributed by atoms with Gasteiger partial charge in [-0.2, -0.15) is 0 Å². The van der Waals surface area contributed by atoms with Gasteiger partial charge in [0.25, 0.3) is 0 Å². The maximum atomic E-state index is 5.52. The largest absolute Gasteiger partial charge is 0.494 e. The third-order valence-corrected chi connectivity index (χ3v) is 2.61. The van der Waals surface area contributed by atoms with Gasteiger partial charge in [-0.1, -0.05) is 0 Å². The molecule has 1 N–H and O–H groups in total. The van der Waals surface area contributed by atoms with Crippen LogP contribution in [0.2, 0.25) is 0 Å². The standard InChI is InChI=1S/C13H16N4O/c1-4-18-11-6-5-10(7-9(11)2)12-13(14-3)15-8-16-17-12/h5-8H,4H2,1-3H3,(H,14,15,16). The molecule has 5 heteroatoms. The first-order valence-corrected chi connectivity index (χ1v) is 5.85. The molecule has 2 rings (SSSR count). The lowest BCUT2D eigenvalue weighted by atomic mass is 10.1. The number of ether oxygens (including phenoxy) is 1. The van der Waals surface area contributed by atoms with Crippen LogP contribution in [0.3, 0.4) is 0 Å². The summed E-state index contributed by atoms with van der Waals surface area (Å²) < 4.78 is 5.52. The van der Waals surface area contributed by atoms with Gasteiger partial charge in [0.05, 0.1) is 6.61 Å². The van der Waals surface area contributed by atoms with Crippen LogP contribution < -0.4 is 10.1 Å². The molecule has 0 atom stereocenters. The summed E-state index contributed by atoms with van der Waals surface area (Å²) in [7, 11) is 1.81. The minimum atomic E-state index is 0.661. The summed E-state index contributed by atoms with van der Waals surface area (Å²) in [5.74, 6) is 1.61. The maximum Gasteiger partial charge on any atom is 0.156 e. The monoisotopic (exact) mass is 244 g/mol. The minimum absolute atomic E-state index is 0.661. The number of rotatable bonds is 4. The Morgan fingerprint density at radius 2 is 2.17 bits per heavy atom. The molecule has 0 fully saturated rings. The van der Waals surface area contributed by atoms with Crippen LogP contribution in [0.5, 0.6) is 5.75 Å². The van der Waals surface area contributed by atoms with Gasteiger partial charge in [0.2, 0.25) is 0 Å². The van der Waals surface area contributed by atoms with Gasteiger partial charge in [-0.3, -0.25) is 0 Å². The Morgan fingerprint density at radius 3 is 2.83 bits per heavy atom. The number of aryl methyl sites for hydroxylation is 1. The number of anilines is 1. The zero-order valence-corrected chi connectivity index (χ0v) is 10.8. The average Bonchev–Trinajstić information content (AvgIpc) is 2.41. The van der Waals surface area contributed by atoms with Crippen molar-refractivity contribution in [3.05, 3.63) is 30.1 Å². The SMILES string of the molecule is CCOc1ccc(-c2nncnc2NC)cc1C. The lowest BCUT2D eigenvalue weighted by molar-refractivity contribution is 0.338. The van der Waals surface area contributed by atoms with Gasteiger partial charge in [0.1, 0.15) is 17.8 Å². The molecule has 0 amide bonds. The Hall–Kier alpha value is -2.17. The van der Waals surface area contributed by atoms with Crippen LogP contribution >= 0.6 is 0 Å². The number of nitrogens with one attached hydrogen (secondary N) is 1. The van der Waals surface area contributed by atoms with E-state index >= 15 is 0 Å². The highest BCUT2D eigenvalue weighted by molar-refractivity contribution is 5.71. The first-order valence-electron chi connectivity index (χ1n) is 5.85. The Balaban J connectivity index is 2.42. The molecule has 0 saturated heterocycles. The van der Waals surface area contributed by atoms with Crippen LogP contribution in [0.15, 0.2) is 24.5 Å². The van der Waals surface area contributed by atoms with Crippen molar-refractivity contribution in [1.82, 2.24) is 15.2 Å². The molecule has 2 aromatic rings. The molecule has 0 spiro atoms. The second-order valence-corrected chi connectivity index (χ2v) is 3.82. The molecule has 1 heterocycles. The summed E-state index contributed by atoms with van der Waals surface area (Å²) in [5.41, 5.74) is 2.79. The zero-order valence-electron chi connectivity index (χ0n) is 10.8. The van der Waals surface area contributed by atoms with Crippen LogP contribution in [-0.2, 0) is 0 Å².